The van der Waals surface area contributed by atoms with Crippen molar-refractivity contribution in [2.75, 3.05) is 25.1 Å². The van der Waals surface area contributed by atoms with Crippen LogP contribution in [0.1, 0.15) is 71.3 Å². The van der Waals surface area contributed by atoms with Gasteiger partial charge in [0.15, 0.2) is 0 Å². The number of ether oxygens (including phenoxy) is 1. The van der Waals surface area contributed by atoms with E-state index in [2.05, 4.69) is 50.0 Å². The summed E-state index contributed by atoms with van der Waals surface area (Å²) in [5.74, 6) is 0.786. The van der Waals surface area contributed by atoms with Crippen LogP contribution < -0.4 is 15.0 Å². The molecule has 2 aromatic rings. The van der Waals surface area contributed by atoms with Crippen LogP contribution in [-0.2, 0) is 6.42 Å². The SMILES string of the molecule is C=C(C)Cc1ccc(-c2ccccc2)c(N(C)C(=O)NCCCCCCC)c1OCCCC. The number of nitrogens with zero attached hydrogens (tertiary/aromatic N) is 1. The maximum absolute atomic E-state index is 13.2. The number of urea groups is 1. The third kappa shape index (κ3) is 8.27. The molecule has 0 fully saturated rings. The molecule has 0 aliphatic carbocycles. The summed E-state index contributed by atoms with van der Waals surface area (Å²) in [6.07, 6.45) is 8.58. The van der Waals surface area contributed by atoms with Crippen molar-refractivity contribution < 1.29 is 9.53 Å². The highest BCUT2D eigenvalue weighted by molar-refractivity contribution is 5.99. The summed E-state index contributed by atoms with van der Waals surface area (Å²) in [4.78, 5) is 14.9. The van der Waals surface area contributed by atoms with Gasteiger partial charge in [-0.15, -0.1) is 0 Å². The van der Waals surface area contributed by atoms with Gasteiger partial charge in [0, 0.05) is 24.7 Å². The van der Waals surface area contributed by atoms with E-state index in [1.807, 2.05) is 32.2 Å². The molecule has 2 rings (SSSR count). The molecule has 1 N–H and O–H groups in total. The number of anilines is 1. The number of rotatable bonds is 14. The summed E-state index contributed by atoms with van der Waals surface area (Å²) in [7, 11) is 1.84. The summed E-state index contributed by atoms with van der Waals surface area (Å²) in [6, 6.07) is 14.3. The van der Waals surface area contributed by atoms with Crippen molar-refractivity contribution in [1.82, 2.24) is 5.32 Å². The molecule has 2 amide bonds. The van der Waals surface area contributed by atoms with Crippen LogP contribution in [0.2, 0.25) is 0 Å². The summed E-state index contributed by atoms with van der Waals surface area (Å²) in [6.45, 7) is 11.8. The number of hydrogen-bond donors (Lipinski definition) is 1. The van der Waals surface area contributed by atoms with Crippen LogP contribution in [0.5, 0.6) is 5.75 Å². The first kappa shape index (κ1) is 26.5. The number of amides is 2. The van der Waals surface area contributed by atoms with Crippen LogP contribution in [0, 0.1) is 0 Å². The van der Waals surface area contributed by atoms with E-state index in [1.165, 1.54) is 19.3 Å². The second-order valence-corrected chi connectivity index (χ2v) is 8.86. The number of hydrogen-bond acceptors (Lipinski definition) is 2. The minimum atomic E-state index is -0.101. The van der Waals surface area contributed by atoms with Crippen LogP contribution in [0.4, 0.5) is 10.5 Å². The van der Waals surface area contributed by atoms with Gasteiger partial charge in [0.1, 0.15) is 5.75 Å². The van der Waals surface area contributed by atoms with Crippen molar-refractivity contribution in [3.05, 3.63) is 60.2 Å². The van der Waals surface area contributed by atoms with Gasteiger partial charge < -0.3 is 10.1 Å². The molecule has 2 aromatic carbocycles. The van der Waals surface area contributed by atoms with E-state index in [0.29, 0.717) is 13.2 Å². The lowest BCUT2D eigenvalue weighted by Gasteiger charge is -2.26. The Morgan fingerprint density at radius 1 is 0.970 bits per heavy atom. The fourth-order valence-electron chi connectivity index (χ4n) is 3.88. The molecule has 0 unspecified atom stereocenters. The summed E-state index contributed by atoms with van der Waals surface area (Å²) < 4.78 is 6.35. The molecular formula is C29H42N2O2. The Bertz CT molecular complexity index is 877. The molecule has 0 atom stereocenters. The highest BCUT2D eigenvalue weighted by Crippen LogP contribution is 2.42. The van der Waals surface area contributed by atoms with Gasteiger partial charge in [-0.25, -0.2) is 4.79 Å². The molecule has 0 aromatic heterocycles. The third-order valence-electron chi connectivity index (χ3n) is 5.73. The number of carbonyl (C=O) groups excluding carboxylic acids is 1. The molecule has 0 bridgehead atoms. The van der Waals surface area contributed by atoms with Gasteiger partial charge in [-0.1, -0.05) is 101 Å². The fraction of sp³-hybridized carbons (Fsp3) is 0.483. The quantitative estimate of drug-likeness (QED) is 0.236. The second kappa shape index (κ2) is 14.4. The second-order valence-electron chi connectivity index (χ2n) is 8.86. The van der Waals surface area contributed by atoms with Gasteiger partial charge in [0.25, 0.3) is 0 Å². The smallest absolute Gasteiger partial charge is 0.321 e. The molecule has 4 nitrogen and oxygen atoms in total. The van der Waals surface area contributed by atoms with E-state index in [9.17, 15) is 4.79 Å². The van der Waals surface area contributed by atoms with Crippen LogP contribution in [0.15, 0.2) is 54.6 Å². The highest BCUT2D eigenvalue weighted by atomic mass is 16.5. The summed E-state index contributed by atoms with van der Waals surface area (Å²) in [5, 5.41) is 3.11. The van der Waals surface area contributed by atoms with E-state index >= 15 is 0 Å². The Morgan fingerprint density at radius 2 is 1.67 bits per heavy atom. The molecule has 0 saturated carbocycles. The Hall–Kier alpha value is -2.75. The number of benzene rings is 2. The van der Waals surface area contributed by atoms with Crippen LogP contribution in [0.3, 0.4) is 0 Å². The van der Waals surface area contributed by atoms with Gasteiger partial charge in [-0.05, 0) is 31.7 Å². The highest BCUT2D eigenvalue weighted by Gasteiger charge is 2.23. The lowest BCUT2D eigenvalue weighted by Crippen LogP contribution is -2.38. The lowest BCUT2D eigenvalue weighted by molar-refractivity contribution is 0.246. The Balaban J connectivity index is 2.39. The monoisotopic (exact) mass is 450 g/mol. The summed E-state index contributed by atoms with van der Waals surface area (Å²) >= 11 is 0. The zero-order valence-electron chi connectivity index (χ0n) is 21.1. The molecule has 0 radical (unpaired) electrons. The minimum absolute atomic E-state index is 0.101. The first-order chi connectivity index (χ1) is 16.0. The van der Waals surface area contributed by atoms with Gasteiger partial charge >= 0.3 is 6.03 Å². The van der Waals surface area contributed by atoms with E-state index in [4.69, 9.17) is 4.74 Å². The zero-order chi connectivity index (χ0) is 24.1. The van der Waals surface area contributed by atoms with Crippen molar-refractivity contribution >= 4 is 11.7 Å². The Kier molecular flexibility index (Phi) is 11.6. The topological polar surface area (TPSA) is 41.6 Å². The molecule has 33 heavy (non-hydrogen) atoms. The first-order valence-corrected chi connectivity index (χ1v) is 12.5. The molecular weight excluding hydrogens is 408 g/mol. The predicted molar refractivity (Wildman–Crippen MR) is 141 cm³/mol. The molecule has 180 valence electrons. The van der Waals surface area contributed by atoms with E-state index in [-0.39, 0.29) is 6.03 Å². The predicted octanol–water partition coefficient (Wildman–Crippen LogP) is 7.77. The number of unbranched alkanes of at least 4 members (excludes halogenated alkanes) is 5. The fourth-order valence-corrected chi connectivity index (χ4v) is 3.88. The van der Waals surface area contributed by atoms with Gasteiger partial charge in [0.05, 0.1) is 12.3 Å². The molecule has 0 spiro atoms. The van der Waals surface area contributed by atoms with Crippen LogP contribution >= 0.6 is 0 Å². The van der Waals surface area contributed by atoms with Gasteiger partial charge in [-0.2, -0.15) is 0 Å². The van der Waals surface area contributed by atoms with Crippen molar-refractivity contribution in [2.24, 2.45) is 0 Å². The Morgan fingerprint density at radius 3 is 2.33 bits per heavy atom. The van der Waals surface area contributed by atoms with E-state index in [1.54, 1.807) is 4.90 Å². The van der Waals surface area contributed by atoms with Crippen molar-refractivity contribution in [3.63, 3.8) is 0 Å². The van der Waals surface area contributed by atoms with Gasteiger partial charge in [-0.3, -0.25) is 4.90 Å². The Labute approximate surface area is 201 Å². The minimum Gasteiger partial charge on any atom is -0.491 e. The normalized spacial score (nSPS) is 10.7. The molecule has 4 heteroatoms. The number of nitrogens with one attached hydrogen (secondary N) is 1. The molecule has 0 aliphatic rings. The van der Waals surface area contributed by atoms with Gasteiger partial charge in [0.2, 0.25) is 0 Å². The maximum atomic E-state index is 13.2. The summed E-state index contributed by atoms with van der Waals surface area (Å²) in [5.41, 5.74) is 5.00. The number of carbonyl (C=O) groups is 1. The molecule has 0 heterocycles. The standard InChI is InChI=1S/C29H42N2O2/c1-6-8-10-11-15-20-30-29(32)31(5)27-26(24-16-13-12-14-17-24)19-18-25(22-23(3)4)28(27)33-21-9-7-2/h12-14,16-19H,3,6-11,15,20-22H2,1-2,4-5H3,(H,30,32). The zero-order valence-corrected chi connectivity index (χ0v) is 21.1. The molecule has 0 saturated heterocycles. The van der Waals surface area contributed by atoms with Crippen molar-refractivity contribution in [3.8, 4) is 16.9 Å². The van der Waals surface area contributed by atoms with Crippen LogP contribution in [0.25, 0.3) is 11.1 Å². The first-order valence-electron chi connectivity index (χ1n) is 12.5. The number of allylic oxidation sites excluding steroid dienone is 1. The largest absolute Gasteiger partial charge is 0.491 e. The van der Waals surface area contributed by atoms with E-state index < -0.39 is 0 Å². The maximum Gasteiger partial charge on any atom is 0.321 e. The average Bonchev–Trinajstić information content (AvgIpc) is 2.81. The third-order valence-corrected chi connectivity index (χ3v) is 5.73. The average molecular weight is 451 g/mol. The van der Waals surface area contributed by atoms with Crippen molar-refractivity contribution in [1.29, 1.82) is 0 Å². The molecule has 0 aliphatic heterocycles. The van der Waals surface area contributed by atoms with Crippen LogP contribution in [-0.4, -0.2) is 26.2 Å². The lowest BCUT2D eigenvalue weighted by atomic mass is 9.97. The van der Waals surface area contributed by atoms with Crippen molar-refractivity contribution in [2.45, 2.75) is 72.1 Å². The van der Waals surface area contributed by atoms with E-state index in [0.717, 1.165) is 65.8 Å².